The number of carbonyl (C=O) groups is 4. The standard InChI is InChI=1S/C26H28N6O7S2.2ClH/c1-26(2,3)39-17(33)8-7-11-38-30-18(16-14-41-25(27)28-16)21(34)29-19-22(35)32-20(24(36)37)15(13-40-23(19)32)12-31-9-5-4-6-10-31;;/h4-10,14,19,23H,11-13H2,1-3H3,(H3-,27,28,29,34,36,37);2*1H/p+1/b8-7+,30-18-;;/t19?,23-;;/m1../s1. The Hall–Kier alpha value is -3.66. The summed E-state index contributed by atoms with van der Waals surface area (Å²) < 4.78 is 6.99. The summed E-state index contributed by atoms with van der Waals surface area (Å²) in [5, 5.41) is 17.5. The molecule has 1 fully saturated rings. The largest absolute Gasteiger partial charge is 0.477 e. The van der Waals surface area contributed by atoms with Crippen molar-refractivity contribution < 1.29 is 38.4 Å². The van der Waals surface area contributed by atoms with E-state index < -0.39 is 40.8 Å². The molecule has 4 rings (SSSR count). The normalized spacial score (nSPS) is 18.2. The van der Waals surface area contributed by atoms with Crippen LogP contribution in [0.15, 0.2) is 64.6 Å². The summed E-state index contributed by atoms with van der Waals surface area (Å²) in [5.74, 6) is -2.72. The third-order valence-electron chi connectivity index (χ3n) is 5.65. The second-order valence-electron chi connectivity index (χ2n) is 9.91. The zero-order valence-electron chi connectivity index (χ0n) is 23.3. The summed E-state index contributed by atoms with van der Waals surface area (Å²) in [4.78, 5) is 60.8. The summed E-state index contributed by atoms with van der Waals surface area (Å²) in [5.41, 5.74) is 5.48. The number of pyridine rings is 1. The molecule has 1 unspecified atom stereocenters. The lowest BCUT2D eigenvalue weighted by Crippen LogP contribution is -2.71. The van der Waals surface area contributed by atoms with Crippen LogP contribution >= 0.6 is 47.9 Å². The SMILES string of the molecule is CC(C)(C)OC(=O)/C=C/CO/N=C(\C(=O)NC1C(=O)N2C(C(=O)O)=C(C[n+]3ccccc3)CS[C@H]12)c1csc(N)n1.Cl.Cl. The van der Waals surface area contributed by atoms with Crippen LogP contribution in [0.1, 0.15) is 26.5 Å². The fraction of sp³-hybridized carbons (Fsp3) is 0.346. The van der Waals surface area contributed by atoms with Gasteiger partial charge in [0, 0.05) is 34.9 Å². The van der Waals surface area contributed by atoms with Gasteiger partial charge in [-0.15, -0.1) is 47.9 Å². The summed E-state index contributed by atoms with van der Waals surface area (Å²) in [6.45, 7) is 5.38. The van der Waals surface area contributed by atoms with Gasteiger partial charge in [0.1, 0.15) is 35.0 Å². The Balaban J connectivity index is 0.00000323. The number of fused-ring (bicyclic) bond motifs is 1. The number of hydrogen-bond donors (Lipinski definition) is 3. The number of thioether (sulfide) groups is 1. The predicted molar refractivity (Wildman–Crippen MR) is 165 cm³/mol. The third kappa shape index (κ3) is 8.92. The highest BCUT2D eigenvalue weighted by molar-refractivity contribution is 8.00. The number of nitrogen functional groups attached to an aromatic ring is 1. The Morgan fingerprint density at radius 2 is 1.95 bits per heavy atom. The molecule has 4 heterocycles. The van der Waals surface area contributed by atoms with Crippen molar-refractivity contribution in [3.63, 3.8) is 0 Å². The van der Waals surface area contributed by atoms with Crippen LogP contribution in [-0.4, -0.2) is 73.8 Å². The summed E-state index contributed by atoms with van der Waals surface area (Å²) in [7, 11) is 0. The molecular formula is C26H31Cl2N6O7S2+. The number of carbonyl (C=O) groups excluding carboxylic acids is 3. The van der Waals surface area contributed by atoms with E-state index >= 15 is 0 Å². The van der Waals surface area contributed by atoms with Gasteiger partial charge in [-0.1, -0.05) is 11.2 Å². The number of aromatic nitrogens is 2. The fourth-order valence-electron chi connectivity index (χ4n) is 4.00. The number of carboxylic acids is 1. The van der Waals surface area contributed by atoms with E-state index in [-0.39, 0.29) is 53.7 Å². The van der Waals surface area contributed by atoms with E-state index in [2.05, 4.69) is 15.5 Å². The number of amides is 2. The Morgan fingerprint density at radius 3 is 2.56 bits per heavy atom. The van der Waals surface area contributed by atoms with Crippen LogP contribution in [0.2, 0.25) is 0 Å². The molecule has 43 heavy (non-hydrogen) atoms. The topological polar surface area (TPSA) is 177 Å². The number of halogens is 2. The molecule has 0 radical (unpaired) electrons. The van der Waals surface area contributed by atoms with Crippen molar-refractivity contribution in [3.05, 3.63) is 65.1 Å². The highest BCUT2D eigenvalue weighted by atomic mass is 35.5. The molecule has 4 N–H and O–H groups in total. The van der Waals surface area contributed by atoms with E-state index in [1.165, 1.54) is 34.2 Å². The lowest BCUT2D eigenvalue weighted by atomic mass is 10.0. The number of nitrogens with two attached hydrogens (primary N) is 1. The molecule has 2 atom stereocenters. The molecule has 0 bridgehead atoms. The minimum atomic E-state index is -1.21. The number of anilines is 1. The van der Waals surface area contributed by atoms with Gasteiger partial charge in [0.2, 0.25) is 0 Å². The second-order valence-corrected chi connectivity index (χ2v) is 11.9. The van der Waals surface area contributed by atoms with Gasteiger partial charge in [0.15, 0.2) is 29.8 Å². The van der Waals surface area contributed by atoms with Crippen LogP contribution in [0.5, 0.6) is 0 Å². The second kappa shape index (κ2) is 15.2. The smallest absolute Gasteiger partial charge is 0.352 e. The van der Waals surface area contributed by atoms with Crippen molar-refractivity contribution in [3.8, 4) is 0 Å². The summed E-state index contributed by atoms with van der Waals surface area (Å²) >= 11 is 2.44. The highest BCUT2D eigenvalue weighted by Crippen LogP contribution is 2.40. The molecule has 0 spiro atoms. The van der Waals surface area contributed by atoms with Gasteiger partial charge in [0.05, 0.1) is 0 Å². The van der Waals surface area contributed by atoms with E-state index in [0.717, 1.165) is 11.3 Å². The zero-order valence-corrected chi connectivity index (χ0v) is 26.6. The van der Waals surface area contributed by atoms with Gasteiger partial charge >= 0.3 is 11.9 Å². The average molecular weight is 675 g/mol. The lowest BCUT2D eigenvalue weighted by molar-refractivity contribution is -0.689. The molecule has 2 aliphatic rings. The van der Waals surface area contributed by atoms with Crippen molar-refractivity contribution in [1.29, 1.82) is 0 Å². The number of nitrogens with zero attached hydrogens (tertiary/aromatic N) is 4. The number of β-lactam (4-membered cyclic amide) rings is 1. The number of esters is 1. The maximum atomic E-state index is 13.2. The minimum absolute atomic E-state index is 0. The molecule has 1 saturated heterocycles. The van der Waals surface area contributed by atoms with Crippen LogP contribution in [-0.2, 0) is 35.3 Å². The molecule has 2 aliphatic heterocycles. The predicted octanol–water partition coefficient (Wildman–Crippen LogP) is 1.91. The maximum absolute atomic E-state index is 13.2. The highest BCUT2D eigenvalue weighted by Gasteiger charge is 2.54. The van der Waals surface area contributed by atoms with Crippen LogP contribution < -0.4 is 15.6 Å². The molecule has 0 aromatic carbocycles. The first kappa shape index (κ1) is 35.5. The van der Waals surface area contributed by atoms with Gasteiger partial charge in [-0.2, -0.15) is 0 Å². The van der Waals surface area contributed by atoms with Gasteiger partial charge in [0.25, 0.3) is 11.8 Å². The Kier molecular flexibility index (Phi) is 12.5. The minimum Gasteiger partial charge on any atom is -0.477 e. The Labute approximate surface area is 268 Å². The van der Waals surface area contributed by atoms with E-state index in [1.54, 1.807) is 20.8 Å². The number of carboxylic acid groups (broad SMARTS) is 1. The molecule has 17 heteroatoms. The van der Waals surface area contributed by atoms with Gasteiger partial charge in [-0.25, -0.2) is 19.1 Å². The lowest BCUT2D eigenvalue weighted by Gasteiger charge is -2.49. The van der Waals surface area contributed by atoms with Crippen LogP contribution in [0.25, 0.3) is 0 Å². The van der Waals surface area contributed by atoms with Crippen molar-refractivity contribution in [2.75, 3.05) is 18.1 Å². The summed E-state index contributed by atoms with van der Waals surface area (Å²) in [6.07, 6.45) is 6.18. The average Bonchev–Trinajstić information content (AvgIpc) is 3.33. The molecule has 2 aromatic heterocycles. The molecule has 0 aliphatic carbocycles. The van der Waals surface area contributed by atoms with Crippen molar-refractivity contribution in [1.82, 2.24) is 15.2 Å². The third-order valence-corrected chi connectivity index (χ3v) is 7.67. The van der Waals surface area contributed by atoms with E-state index in [9.17, 15) is 24.3 Å². The number of nitrogens with one attached hydrogen (secondary N) is 1. The number of thiazole rings is 1. The zero-order chi connectivity index (χ0) is 29.7. The first-order valence-electron chi connectivity index (χ1n) is 12.4. The van der Waals surface area contributed by atoms with Crippen LogP contribution in [0.4, 0.5) is 5.13 Å². The Morgan fingerprint density at radius 1 is 1.26 bits per heavy atom. The maximum Gasteiger partial charge on any atom is 0.352 e. The number of ether oxygens (including phenoxy) is 1. The quantitative estimate of drug-likeness (QED) is 0.0642. The van der Waals surface area contributed by atoms with Crippen LogP contribution in [0.3, 0.4) is 0 Å². The van der Waals surface area contributed by atoms with E-state index in [0.29, 0.717) is 17.9 Å². The van der Waals surface area contributed by atoms with Gasteiger partial charge in [-0.05, 0) is 26.8 Å². The van der Waals surface area contributed by atoms with E-state index in [4.69, 9.17) is 15.3 Å². The molecule has 13 nitrogen and oxygen atoms in total. The van der Waals surface area contributed by atoms with Gasteiger partial charge in [-0.3, -0.25) is 14.5 Å². The first-order valence-corrected chi connectivity index (χ1v) is 14.3. The van der Waals surface area contributed by atoms with Crippen molar-refractivity contribution in [2.24, 2.45) is 5.16 Å². The number of rotatable bonds is 10. The number of oxime groups is 1. The van der Waals surface area contributed by atoms with Crippen molar-refractivity contribution in [2.45, 2.75) is 44.3 Å². The molecule has 2 amide bonds. The molecule has 2 aromatic rings. The summed E-state index contributed by atoms with van der Waals surface area (Å²) in [6, 6.07) is 4.53. The fourth-order valence-corrected chi connectivity index (χ4v) is 5.88. The Bertz CT molecular complexity index is 1440. The molecule has 232 valence electrons. The number of aliphatic carboxylic acids is 1. The number of hydrogen-bond acceptors (Lipinski definition) is 11. The van der Waals surface area contributed by atoms with E-state index in [1.807, 2.05) is 35.2 Å². The first-order chi connectivity index (χ1) is 19.4. The molecular weight excluding hydrogens is 643 g/mol. The van der Waals surface area contributed by atoms with Gasteiger partial charge < -0.3 is 25.7 Å². The molecule has 0 saturated carbocycles. The monoisotopic (exact) mass is 673 g/mol. The van der Waals surface area contributed by atoms with Crippen molar-refractivity contribution >= 4 is 82.5 Å². The van der Waals surface area contributed by atoms with Crippen LogP contribution in [0, 0.1) is 0 Å².